The number of hydrogen-bond acceptors (Lipinski definition) is 5. The van der Waals surface area contributed by atoms with E-state index in [0.29, 0.717) is 12.3 Å². The number of rotatable bonds is 7. The summed E-state index contributed by atoms with van der Waals surface area (Å²) in [4.78, 5) is 13.7. The van der Waals surface area contributed by atoms with Crippen LogP contribution in [0, 0.1) is 11.3 Å². The Morgan fingerprint density at radius 2 is 2.14 bits per heavy atom. The second-order valence-electron chi connectivity index (χ2n) is 4.56. The van der Waals surface area contributed by atoms with Crippen molar-refractivity contribution < 1.29 is 19.1 Å². The Labute approximate surface area is 128 Å². The third-order valence-electron chi connectivity index (χ3n) is 2.99. The maximum atomic E-state index is 12.2. The van der Waals surface area contributed by atoms with Gasteiger partial charge in [-0.25, -0.2) is 0 Å². The SMILES string of the molecule is N#CCCN(Cc1ccco1)C(=O)COc1ccccc1O. The molecule has 0 aliphatic carbocycles. The van der Waals surface area contributed by atoms with Crippen molar-refractivity contribution in [2.24, 2.45) is 0 Å². The molecule has 0 aliphatic heterocycles. The van der Waals surface area contributed by atoms with Crippen molar-refractivity contribution in [3.63, 3.8) is 0 Å². The number of nitriles is 1. The third-order valence-corrected chi connectivity index (χ3v) is 2.99. The van der Waals surface area contributed by atoms with Crippen molar-refractivity contribution >= 4 is 5.91 Å². The highest BCUT2D eigenvalue weighted by atomic mass is 16.5. The number of phenols is 1. The zero-order valence-corrected chi connectivity index (χ0v) is 11.9. The molecule has 0 atom stereocenters. The molecule has 2 rings (SSSR count). The first-order valence-corrected chi connectivity index (χ1v) is 6.78. The number of hydrogen-bond donors (Lipinski definition) is 1. The maximum absolute atomic E-state index is 12.2. The van der Waals surface area contributed by atoms with Crippen LogP contribution < -0.4 is 4.74 Å². The van der Waals surface area contributed by atoms with Crippen molar-refractivity contribution in [3.05, 3.63) is 48.4 Å². The van der Waals surface area contributed by atoms with Gasteiger partial charge in [0.25, 0.3) is 5.91 Å². The second-order valence-corrected chi connectivity index (χ2v) is 4.56. The van der Waals surface area contributed by atoms with Crippen LogP contribution in [0.1, 0.15) is 12.2 Å². The summed E-state index contributed by atoms with van der Waals surface area (Å²) in [5, 5.41) is 18.3. The first-order valence-electron chi connectivity index (χ1n) is 6.78. The van der Waals surface area contributed by atoms with Crippen molar-refractivity contribution in [1.82, 2.24) is 4.90 Å². The molecule has 2 aromatic rings. The number of benzene rings is 1. The van der Waals surface area contributed by atoms with E-state index in [1.54, 1.807) is 30.3 Å². The molecule has 114 valence electrons. The molecule has 6 heteroatoms. The van der Waals surface area contributed by atoms with Crippen LogP contribution in [0.4, 0.5) is 0 Å². The summed E-state index contributed by atoms with van der Waals surface area (Å²) in [6.45, 7) is 0.349. The van der Waals surface area contributed by atoms with E-state index in [1.807, 2.05) is 6.07 Å². The van der Waals surface area contributed by atoms with Crippen molar-refractivity contribution in [3.8, 4) is 17.6 Å². The monoisotopic (exact) mass is 300 g/mol. The Morgan fingerprint density at radius 3 is 2.82 bits per heavy atom. The van der Waals surface area contributed by atoms with Gasteiger partial charge in [-0.1, -0.05) is 12.1 Å². The molecular formula is C16H16N2O4. The number of nitrogens with zero attached hydrogens (tertiary/aromatic N) is 2. The molecule has 1 heterocycles. The maximum Gasteiger partial charge on any atom is 0.260 e. The number of furan rings is 1. The highest BCUT2D eigenvalue weighted by molar-refractivity contribution is 5.77. The number of aromatic hydroxyl groups is 1. The molecule has 1 aromatic carbocycles. The van der Waals surface area contributed by atoms with Gasteiger partial charge in [0.05, 0.1) is 25.3 Å². The van der Waals surface area contributed by atoms with E-state index in [-0.39, 0.29) is 37.0 Å². The molecule has 0 saturated carbocycles. The van der Waals surface area contributed by atoms with Gasteiger partial charge in [0.2, 0.25) is 0 Å². The summed E-state index contributed by atoms with van der Waals surface area (Å²) in [6, 6.07) is 11.9. The molecule has 6 nitrogen and oxygen atoms in total. The van der Waals surface area contributed by atoms with Gasteiger partial charge in [-0.2, -0.15) is 5.26 Å². The average Bonchev–Trinajstić information content (AvgIpc) is 3.03. The van der Waals surface area contributed by atoms with Crippen LogP contribution in [0.25, 0.3) is 0 Å². The Morgan fingerprint density at radius 1 is 1.32 bits per heavy atom. The van der Waals surface area contributed by atoms with Crippen molar-refractivity contribution in [2.75, 3.05) is 13.2 Å². The molecule has 1 N–H and O–H groups in total. The van der Waals surface area contributed by atoms with E-state index in [4.69, 9.17) is 14.4 Å². The molecule has 0 unspecified atom stereocenters. The zero-order valence-electron chi connectivity index (χ0n) is 11.9. The molecule has 0 bridgehead atoms. The number of para-hydroxylation sites is 2. The largest absolute Gasteiger partial charge is 0.504 e. The van der Waals surface area contributed by atoms with Gasteiger partial charge in [-0.05, 0) is 24.3 Å². The number of phenolic OH excluding ortho intramolecular Hbond substituents is 1. The van der Waals surface area contributed by atoms with E-state index >= 15 is 0 Å². The number of carbonyl (C=O) groups is 1. The van der Waals surface area contributed by atoms with Crippen LogP contribution in [0.2, 0.25) is 0 Å². The summed E-state index contributed by atoms with van der Waals surface area (Å²) >= 11 is 0. The van der Waals surface area contributed by atoms with Crippen LogP contribution in [0.5, 0.6) is 11.5 Å². The minimum Gasteiger partial charge on any atom is -0.504 e. The number of carbonyl (C=O) groups excluding carboxylic acids is 1. The number of ether oxygens (including phenoxy) is 1. The summed E-state index contributed by atoms with van der Waals surface area (Å²) in [7, 11) is 0. The first-order chi connectivity index (χ1) is 10.7. The lowest BCUT2D eigenvalue weighted by Gasteiger charge is -2.20. The summed E-state index contributed by atoms with van der Waals surface area (Å²) in [5.41, 5.74) is 0. The van der Waals surface area contributed by atoms with E-state index in [0.717, 1.165) is 0 Å². The molecule has 1 aromatic heterocycles. The lowest BCUT2D eigenvalue weighted by atomic mass is 10.3. The van der Waals surface area contributed by atoms with Crippen LogP contribution in [0.15, 0.2) is 47.1 Å². The van der Waals surface area contributed by atoms with Gasteiger partial charge >= 0.3 is 0 Å². The smallest absolute Gasteiger partial charge is 0.260 e. The van der Waals surface area contributed by atoms with Crippen LogP contribution in [0.3, 0.4) is 0 Å². The van der Waals surface area contributed by atoms with E-state index in [1.165, 1.54) is 17.2 Å². The van der Waals surface area contributed by atoms with Gasteiger partial charge in [0, 0.05) is 6.54 Å². The summed E-state index contributed by atoms with van der Waals surface area (Å²) < 4.78 is 10.5. The summed E-state index contributed by atoms with van der Waals surface area (Å²) in [5.74, 6) is 0.572. The Balaban J connectivity index is 1.96. The first kappa shape index (κ1) is 15.4. The molecule has 0 aliphatic rings. The molecule has 22 heavy (non-hydrogen) atoms. The molecule has 0 fully saturated rings. The molecule has 0 spiro atoms. The van der Waals surface area contributed by atoms with Gasteiger partial charge < -0.3 is 19.2 Å². The van der Waals surface area contributed by atoms with Gasteiger partial charge in [-0.3, -0.25) is 4.79 Å². The number of amides is 1. The van der Waals surface area contributed by atoms with E-state index in [2.05, 4.69) is 0 Å². The van der Waals surface area contributed by atoms with Crippen LogP contribution in [-0.2, 0) is 11.3 Å². The van der Waals surface area contributed by atoms with Crippen LogP contribution >= 0.6 is 0 Å². The predicted octanol–water partition coefficient (Wildman–Crippen LogP) is 2.31. The average molecular weight is 300 g/mol. The highest BCUT2D eigenvalue weighted by Gasteiger charge is 2.16. The topological polar surface area (TPSA) is 86.7 Å². The Kier molecular flexibility index (Phi) is 5.44. The second kappa shape index (κ2) is 7.74. The lowest BCUT2D eigenvalue weighted by Crippen LogP contribution is -2.35. The minimum absolute atomic E-state index is 0.0232. The lowest BCUT2D eigenvalue weighted by molar-refractivity contribution is -0.134. The Hall–Kier alpha value is -2.94. The molecule has 0 saturated heterocycles. The zero-order chi connectivity index (χ0) is 15.8. The van der Waals surface area contributed by atoms with Crippen molar-refractivity contribution in [1.29, 1.82) is 5.26 Å². The van der Waals surface area contributed by atoms with Gasteiger partial charge in [0.15, 0.2) is 18.1 Å². The summed E-state index contributed by atoms with van der Waals surface area (Å²) in [6.07, 6.45) is 1.75. The molecular weight excluding hydrogens is 284 g/mol. The minimum atomic E-state index is -0.282. The molecule has 1 amide bonds. The normalized spacial score (nSPS) is 9.95. The fraction of sp³-hybridized carbons (Fsp3) is 0.250. The van der Waals surface area contributed by atoms with E-state index < -0.39 is 0 Å². The Bertz CT molecular complexity index is 646. The quantitative estimate of drug-likeness (QED) is 0.848. The fourth-order valence-electron chi connectivity index (χ4n) is 1.88. The van der Waals surface area contributed by atoms with E-state index in [9.17, 15) is 9.90 Å². The van der Waals surface area contributed by atoms with Crippen LogP contribution in [-0.4, -0.2) is 29.1 Å². The fourth-order valence-corrected chi connectivity index (χ4v) is 1.88. The highest BCUT2D eigenvalue weighted by Crippen LogP contribution is 2.24. The molecule has 0 radical (unpaired) electrons. The predicted molar refractivity (Wildman–Crippen MR) is 78.0 cm³/mol. The standard InChI is InChI=1S/C16H16N2O4/c17-8-4-9-18(11-13-5-3-10-21-13)16(20)12-22-15-7-2-1-6-14(15)19/h1-3,5-7,10,19H,4,9,11-12H2. The van der Waals surface area contributed by atoms with Gasteiger partial charge in [-0.15, -0.1) is 0 Å². The van der Waals surface area contributed by atoms with Crippen molar-refractivity contribution in [2.45, 2.75) is 13.0 Å². The third kappa shape index (κ3) is 4.28. The van der Waals surface area contributed by atoms with Gasteiger partial charge in [0.1, 0.15) is 5.76 Å².